The van der Waals surface area contributed by atoms with Gasteiger partial charge < -0.3 is 19.7 Å². The lowest BCUT2D eigenvalue weighted by atomic mass is 9.84. The lowest BCUT2D eigenvalue weighted by molar-refractivity contribution is -0.147. The SMILES string of the molecule is C=CCn1c(=O)n(CC(O)COC(=O)CCSSCCC(=O)OCC(C)(C)CC)c(=O)n(CC(O)C(C)(C)CC)c1=O. The third-order valence-electron chi connectivity index (χ3n) is 7.14. The van der Waals surface area contributed by atoms with Crippen LogP contribution >= 0.6 is 21.6 Å². The van der Waals surface area contributed by atoms with Gasteiger partial charge in [0.15, 0.2) is 0 Å². The normalized spacial score (nSPS) is 13.4. The molecule has 2 unspecified atom stereocenters. The van der Waals surface area contributed by atoms with Crippen molar-refractivity contribution in [2.24, 2.45) is 10.8 Å². The number of aliphatic hydroxyl groups excluding tert-OH is 2. The van der Waals surface area contributed by atoms with E-state index in [1.165, 1.54) is 27.7 Å². The van der Waals surface area contributed by atoms with Gasteiger partial charge in [-0.15, -0.1) is 6.58 Å². The van der Waals surface area contributed by atoms with Crippen LogP contribution in [-0.4, -0.2) is 72.8 Å². The number of nitrogens with zero attached hydrogens (tertiary/aromatic N) is 3. The van der Waals surface area contributed by atoms with Gasteiger partial charge in [0.25, 0.3) is 0 Å². The second-order valence-corrected chi connectivity index (χ2v) is 14.2. The summed E-state index contributed by atoms with van der Waals surface area (Å²) in [6.07, 6.45) is 0.685. The number of esters is 2. The van der Waals surface area contributed by atoms with E-state index in [-0.39, 0.29) is 37.3 Å². The molecule has 0 saturated carbocycles. The summed E-state index contributed by atoms with van der Waals surface area (Å²) >= 11 is 0. The number of aliphatic hydroxyl groups is 2. The molecule has 0 spiro atoms. The number of hydrogen-bond acceptors (Lipinski definition) is 11. The van der Waals surface area contributed by atoms with Crippen LogP contribution in [0, 0.1) is 10.8 Å². The van der Waals surface area contributed by atoms with Crippen molar-refractivity contribution in [1.29, 1.82) is 0 Å². The van der Waals surface area contributed by atoms with E-state index in [9.17, 15) is 34.2 Å². The maximum Gasteiger partial charge on any atom is 0.336 e. The van der Waals surface area contributed by atoms with Crippen LogP contribution in [0.15, 0.2) is 27.0 Å². The Labute approximate surface area is 254 Å². The first-order chi connectivity index (χ1) is 19.6. The summed E-state index contributed by atoms with van der Waals surface area (Å²) in [5.41, 5.74) is -3.46. The highest BCUT2D eigenvalue weighted by molar-refractivity contribution is 8.76. The predicted octanol–water partition coefficient (Wildman–Crippen LogP) is 2.20. The Balaban J connectivity index is 2.66. The molecular formula is C28H47N3O9S2. The van der Waals surface area contributed by atoms with Crippen LogP contribution in [0.5, 0.6) is 0 Å². The first kappa shape index (κ1) is 37.7. The van der Waals surface area contributed by atoms with Gasteiger partial charge in [-0.05, 0) is 23.7 Å². The molecule has 240 valence electrons. The third kappa shape index (κ3) is 12.1. The van der Waals surface area contributed by atoms with Gasteiger partial charge in [-0.1, -0.05) is 69.2 Å². The summed E-state index contributed by atoms with van der Waals surface area (Å²) in [5, 5.41) is 21.1. The third-order valence-corrected chi connectivity index (χ3v) is 9.55. The maximum absolute atomic E-state index is 13.1. The van der Waals surface area contributed by atoms with Crippen molar-refractivity contribution in [2.75, 3.05) is 24.7 Å². The molecule has 0 fully saturated rings. The standard InChI is InChI=1S/C28H47N3O9S2/c1-8-13-29-24(36)30(26(38)31(25(29)37)17-21(33)28(6,7)10-3)16-20(32)18-39-22(34)11-14-41-42-15-12-23(35)40-19-27(4,5)9-2/h8,20-21,32-33H,1,9-19H2,2-7H3. The highest BCUT2D eigenvalue weighted by Crippen LogP contribution is 2.25. The maximum atomic E-state index is 13.1. The molecule has 0 aliphatic rings. The van der Waals surface area contributed by atoms with Gasteiger partial charge in [-0.25, -0.2) is 28.1 Å². The zero-order valence-corrected chi connectivity index (χ0v) is 27.3. The molecule has 0 amide bonds. The molecular weight excluding hydrogens is 586 g/mol. The topological polar surface area (TPSA) is 159 Å². The first-order valence-electron chi connectivity index (χ1n) is 14.1. The molecule has 1 aromatic heterocycles. The van der Waals surface area contributed by atoms with Crippen LogP contribution in [0.1, 0.15) is 67.2 Å². The summed E-state index contributed by atoms with van der Waals surface area (Å²) in [6, 6.07) is 0. The van der Waals surface area contributed by atoms with Crippen LogP contribution in [0.4, 0.5) is 0 Å². The lowest BCUT2D eigenvalue weighted by Gasteiger charge is -2.29. The molecule has 1 heterocycles. The van der Waals surface area contributed by atoms with Gasteiger partial charge >= 0.3 is 29.0 Å². The van der Waals surface area contributed by atoms with Crippen molar-refractivity contribution >= 4 is 33.5 Å². The number of rotatable bonds is 20. The van der Waals surface area contributed by atoms with Crippen LogP contribution in [0.25, 0.3) is 0 Å². The second kappa shape index (κ2) is 17.7. The van der Waals surface area contributed by atoms with E-state index in [0.29, 0.717) is 29.1 Å². The summed E-state index contributed by atoms with van der Waals surface area (Å²) in [5.74, 6) is 0.126. The number of carbonyl (C=O) groups is 2. The summed E-state index contributed by atoms with van der Waals surface area (Å²) in [7, 11) is 2.84. The Morgan fingerprint density at radius 1 is 0.857 bits per heavy atom. The zero-order chi connectivity index (χ0) is 32.1. The molecule has 0 bridgehead atoms. The van der Waals surface area contributed by atoms with Gasteiger partial charge in [0.05, 0.1) is 45.2 Å². The minimum absolute atomic E-state index is 0.0508. The summed E-state index contributed by atoms with van der Waals surface area (Å²) in [6.45, 7) is 14.0. The Morgan fingerprint density at radius 3 is 1.86 bits per heavy atom. The Hall–Kier alpha value is -2.29. The van der Waals surface area contributed by atoms with Crippen molar-refractivity contribution in [3.8, 4) is 0 Å². The number of ether oxygens (including phenoxy) is 2. The molecule has 2 N–H and O–H groups in total. The minimum Gasteiger partial charge on any atom is -0.465 e. The van der Waals surface area contributed by atoms with Crippen LogP contribution in [0.2, 0.25) is 0 Å². The molecule has 1 aromatic rings. The van der Waals surface area contributed by atoms with E-state index in [4.69, 9.17) is 9.47 Å². The van der Waals surface area contributed by atoms with Crippen LogP contribution < -0.4 is 17.1 Å². The summed E-state index contributed by atoms with van der Waals surface area (Å²) < 4.78 is 12.6. The molecule has 1 rings (SSSR count). The van der Waals surface area contributed by atoms with Crippen molar-refractivity contribution in [2.45, 2.75) is 99.1 Å². The van der Waals surface area contributed by atoms with Crippen LogP contribution in [-0.2, 0) is 38.7 Å². The first-order valence-corrected chi connectivity index (χ1v) is 16.6. The van der Waals surface area contributed by atoms with E-state index in [1.54, 1.807) is 13.8 Å². The predicted molar refractivity (Wildman–Crippen MR) is 166 cm³/mol. The number of carbonyl (C=O) groups excluding carboxylic acids is 2. The van der Waals surface area contributed by atoms with E-state index >= 15 is 0 Å². The van der Waals surface area contributed by atoms with Gasteiger partial charge in [0, 0.05) is 11.5 Å². The van der Waals surface area contributed by atoms with E-state index in [2.05, 4.69) is 6.58 Å². The summed E-state index contributed by atoms with van der Waals surface area (Å²) in [4.78, 5) is 62.8. The van der Waals surface area contributed by atoms with Crippen LogP contribution in [0.3, 0.4) is 0 Å². The Morgan fingerprint density at radius 2 is 1.36 bits per heavy atom. The highest BCUT2D eigenvalue weighted by Gasteiger charge is 2.28. The quantitative estimate of drug-likeness (QED) is 0.0938. The number of hydrogen-bond donors (Lipinski definition) is 2. The van der Waals surface area contributed by atoms with Crippen molar-refractivity contribution in [3.05, 3.63) is 44.1 Å². The minimum atomic E-state index is -1.40. The molecule has 0 aliphatic carbocycles. The highest BCUT2D eigenvalue weighted by atomic mass is 33.1. The molecule has 0 radical (unpaired) electrons. The van der Waals surface area contributed by atoms with Gasteiger partial charge in [-0.3, -0.25) is 9.59 Å². The van der Waals surface area contributed by atoms with Gasteiger partial charge in [-0.2, -0.15) is 0 Å². The smallest absolute Gasteiger partial charge is 0.336 e. The van der Waals surface area contributed by atoms with Gasteiger partial charge in [0.1, 0.15) is 12.7 Å². The molecule has 0 saturated heterocycles. The van der Waals surface area contributed by atoms with Gasteiger partial charge in [0.2, 0.25) is 0 Å². The molecule has 12 nitrogen and oxygen atoms in total. The Kier molecular flexibility index (Phi) is 15.9. The van der Waals surface area contributed by atoms with Crippen molar-refractivity contribution in [1.82, 2.24) is 13.7 Å². The number of aromatic nitrogens is 3. The average molecular weight is 634 g/mol. The van der Waals surface area contributed by atoms with Crippen molar-refractivity contribution in [3.63, 3.8) is 0 Å². The lowest BCUT2D eigenvalue weighted by Crippen LogP contribution is -2.57. The van der Waals surface area contributed by atoms with E-state index < -0.39 is 53.8 Å². The molecule has 42 heavy (non-hydrogen) atoms. The molecule has 2 atom stereocenters. The Bertz CT molecular complexity index is 1220. The fourth-order valence-corrected chi connectivity index (χ4v) is 5.22. The second-order valence-electron chi connectivity index (χ2n) is 11.5. The largest absolute Gasteiger partial charge is 0.465 e. The fraction of sp³-hybridized carbons (Fsp3) is 0.750. The molecule has 14 heteroatoms. The fourth-order valence-electron chi connectivity index (χ4n) is 3.28. The van der Waals surface area contributed by atoms with Crippen molar-refractivity contribution < 1.29 is 29.3 Å². The average Bonchev–Trinajstić information content (AvgIpc) is 2.95. The molecule has 0 aliphatic heterocycles. The molecule has 0 aromatic carbocycles. The zero-order valence-electron chi connectivity index (χ0n) is 25.6. The monoisotopic (exact) mass is 633 g/mol. The van der Waals surface area contributed by atoms with E-state index in [0.717, 1.165) is 15.6 Å². The van der Waals surface area contributed by atoms with E-state index in [1.807, 2.05) is 27.7 Å². The number of allylic oxidation sites excluding steroid dienone is 1.